The molecule has 4 heteroatoms. The van der Waals surface area contributed by atoms with E-state index in [1.165, 1.54) is 12.8 Å². The van der Waals surface area contributed by atoms with Gasteiger partial charge in [-0.15, -0.1) is 0 Å². The molecule has 1 aromatic heterocycles. The molecule has 1 heterocycles. The zero-order valence-electron chi connectivity index (χ0n) is 11.8. The van der Waals surface area contributed by atoms with E-state index in [0.29, 0.717) is 0 Å². The summed E-state index contributed by atoms with van der Waals surface area (Å²) in [6.07, 6.45) is 2.35. The van der Waals surface area contributed by atoms with Crippen molar-refractivity contribution in [1.82, 2.24) is 9.97 Å². The summed E-state index contributed by atoms with van der Waals surface area (Å²) in [6.45, 7) is 5.16. The minimum absolute atomic E-state index is 0.161. The fraction of sp³-hybridized carbons (Fsp3) is 0.375. The maximum absolute atomic E-state index is 4.82. The summed E-state index contributed by atoms with van der Waals surface area (Å²) in [5, 5.41) is 3.33. The molecule has 1 N–H and O–H groups in total. The highest BCUT2D eigenvalue weighted by molar-refractivity contribution is 9.10. The average Bonchev–Trinajstić information content (AvgIpc) is 3.21. The van der Waals surface area contributed by atoms with E-state index >= 15 is 0 Å². The smallest absolute Gasteiger partial charge is 0.144 e. The van der Waals surface area contributed by atoms with Crippen LogP contribution in [0.25, 0.3) is 11.3 Å². The van der Waals surface area contributed by atoms with Crippen molar-refractivity contribution < 1.29 is 0 Å². The molecule has 3 nitrogen and oxygen atoms in total. The highest BCUT2D eigenvalue weighted by atomic mass is 79.9. The van der Waals surface area contributed by atoms with Gasteiger partial charge < -0.3 is 5.32 Å². The van der Waals surface area contributed by atoms with E-state index in [1.807, 2.05) is 18.2 Å². The Kier molecular flexibility index (Phi) is 3.50. The van der Waals surface area contributed by atoms with Gasteiger partial charge in [0.25, 0.3) is 0 Å². The van der Waals surface area contributed by atoms with E-state index in [2.05, 4.69) is 47.2 Å². The monoisotopic (exact) mass is 331 g/mol. The number of hydrogen-bond donors (Lipinski definition) is 1. The van der Waals surface area contributed by atoms with Gasteiger partial charge in [0.2, 0.25) is 0 Å². The third-order valence-corrected chi connectivity index (χ3v) is 4.53. The summed E-state index contributed by atoms with van der Waals surface area (Å²) in [4.78, 5) is 9.53. The quantitative estimate of drug-likeness (QED) is 0.902. The van der Waals surface area contributed by atoms with Gasteiger partial charge in [0.05, 0.1) is 10.2 Å². The van der Waals surface area contributed by atoms with Crippen molar-refractivity contribution in [3.63, 3.8) is 0 Å². The van der Waals surface area contributed by atoms with Crippen molar-refractivity contribution in [3.05, 3.63) is 40.6 Å². The van der Waals surface area contributed by atoms with Crippen LogP contribution in [0.15, 0.2) is 34.8 Å². The molecule has 0 saturated heterocycles. The fourth-order valence-corrected chi connectivity index (χ4v) is 2.75. The Bertz CT molecular complexity index is 621. The normalized spacial score (nSPS) is 15.9. The minimum Gasteiger partial charge on any atom is -0.369 e. The maximum atomic E-state index is 4.82. The van der Waals surface area contributed by atoms with Crippen LogP contribution in [0.3, 0.4) is 0 Å². The number of benzene rings is 1. The van der Waals surface area contributed by atoms with Gasteiger partial charge >= 0.3 is 0 Å². The largest absolute Gasteiger partial charge is 0.369 e. The number of aromatic nitrogens is 2. The van der Waals surface area contributed by atoms with Crippen molar-refractivity contribution in [1.29, 1.82) is 0 Å². The highest BCUT2D eigenvalue weighted by Crippen LogP contribution is 2.47. The molecule has 0 aliphatic heterocycles. The first-order valence-electron chi connectivity index (χ1n) is 7.01. The number of nitrogens with zero attached hydrogens (tertiary/aromatic N) is 2. The lowest BCUT2D eigenvalue weighted by molar-refractivity contribution is 0.710. The van der Waals surface area contributed by atoms with E-state index in [1.54, 1.807) is 0 Å². The van der Waals surface area contributed by atoms with Crippen LogP contribution in [-0.2, 0) is 5.41 Å². The van der Waals surface area contributed by atoms with E-state index in [-0.39, 0.29) is 5.41 Å². The van der Waals surface area contributed by atoms with Crippen molar-refractivity contribution in [3.8, 4) is 11.3 Å². The lowest BCUT2D eigenvalue weighted by Gasteiger charge is -2.15. The number of nitrogens with one attached hydrogen (secondary N) is 1. The second-order valence-corrected chi connectivity index (χ2v) is 6.31. The van der Waals surface area contributed by atoms with Crippen LogP contribution in [0.2, 0.25) is 0 Å². The molecule has 0 spiro atoms. The van der Waals surface area contributed by atoms with Gasteiger partial charge in [-0.25, -0.2) is 9.97 Å². The van der Waals surface area contributed by atoms with Gasteiger partial charge in [0.1, 0.15) is 11.6 Å². The molecular weight excluding hydrogens is 314 g/mol. The molecule has 0 radical (unpaired) electrons. The summed E-state index contributed by atoms with van der Waals surface area (Å²) in [5.41, 5.74) is 2.25. The Balaban J connectivity index is 2.15. The van der Waals surface area contributed by atoms with Crippen LogP contribution in [0.1, 0.15) is 32.5 Å². The Morgan fingerprint density at radius 2 is 1.90 bits per heavy atom. The standard InChI is InChI=1S/C16H18BrN3/c1-3-18-14-12(17)13(11-7-5-4-6-8-11)19-15(20-14)16(2)9-10-16/h4-8H,3,9-10H2,1-2H3,(H,18,19,20). The summed E-state index contributed by atoms with van der Waals surface area (Å²) < 4.78 is 0.943. The Labute approximate surface area is 128 Å². The minimum atomic E-state index is 0.161. The number of hydrogen-bond acceptors (Lipinski definition) is 3. The van der Waals surface area contributed by atoms with E-state index < -0.39 is 0 Å². The van der Waals surface area contributed by atoms with Gasteiger partial charge in [-0.1, -0.05) is 37.3 Å². The van der Waals surface area contributed by atoms with Crippen LogP contribution in [0.5, 0.6) is 0 Å². The molecule has 0 atom stereocenters. The third-order valence-electron chi connectivity index (χ3n) is 3.78. The molecule has 1 saturated carbocycles. The molecule has 3 rings (SSSR count). The number of anilines is 1. The van der Waals surface area contributed by atoms with Crippen LogP contribution >= 0.6 is 15.9 Å². The van der Waals surface area contributed by atoms with Crippen molar-refractivity contribution in [2.24, 2.45) is 0 Å². The van der Waals surface area contributed by atoms with E-state index in [0.717, 1.165) is 33.9 Å². The second kappa shape index (κ2) is 5.17. The lowest BCUT2D eigenvalue weighted by atomic mass is 10.1. The molecule has 20 heavy (non-hydrogen) atoms. The molecule has 0 amide bonds. The van der Waals surface area contributed by atoms with Crippen LogP contribution in [0, 0.1) is 0 Å². The van der Waals surface area contributed by atoms with Crippen molar-refractivity contribution >= 4 is 21.7 Å². The topological polar surface area (TPSA) is 37.8 Å². The average molecular weight is 332 g/mol. The van der Waals surface area contributed by atoms with Gasteiger partial charge in [0, 0.05) is 17.5 Å². The van der Waals surface area contributed by atoms with Gasteiger partial charge in [0.15, 0.2) is 0 Å². The van der Waals surface area contributed by atoms with Crippen LogP contribution in [-0.4, -0.2) is 16.5 Å². The summed E-state index contributed by atoms with van der Waals surface area (Å²) in [5.74, 6) is 1.85. The van der Waals surface area contributed by atoms with Gasteiger partial charge in [-0.2, -0.15) is 0 Å². The number of rotatable bonds is 4. The highest BCUT2D eigenvalue weighted by Gasteiger charge is 2.42. The first-order chi connectivity index (χ1) is 9.64. The molecule has 1 aliphatic carbocycles. The molecule has 0 bridgehead atoms. The summed E-state index contributed by atoms with van der Waals surface area (Å²) in [7, 11) is 0. The molecule has 104 valence electrons. The van der Waals surface area contributed by atoms with Crippen LogP contribution < -0.4 is 5.32 Å². The predicted molar refractivity (Wildman–Crippen MR) is 85.9 cm³/mol. The molecule has 0 unspecified atom stereocenters. The molecule has 2 aromatic rings. The first-order valence-corrected chi connectivity index (χ1v) is 7.80. The molecule has 1 fully saturated rings. The van der Waals surface area contributed by atoms with Crippen molar-refractivity contribution in [2.45, 2.75) is 32.1 Å². The van der Waals surface area contributed by atoms with Gasteiger partial charge in [-0.05, 0) is 35.7 Å². The van der Waals surface area contributed by atoms with Crippen molar-refractivity contribution in [2.75, 3.05) is 11.9 Å². The fourth-order valence-electron chi connectivity index (χ4n) is 2.20. The zero-order chi connectivity index (χ0) is 14.2. The second-order valence-electron chi connectivity index (χ2n) is 5.52. The Morgan fingerprint density at radius 3 is 2.50 bits per heavy atom. The number of halogens is 1. The van der Waals surface area contributed by atoms with Crippen LogP contribution in [0.4, 0.5) is 5.82 Å². The predicted octanol–water partition coefficient (Wildman–Crippen LogP) is 4.39. The molecule has 1 aromatic carbocycles. The molecule has 1 aliphatic rings. The zero-order valence-corrected chi connectivity index (χ0v) is 13.4. The maximum Gasteiger partial charge on any atom is 0.144 e. The van der Waals surface area contributed by atoms with Gasteiger partial charge in [-0.3, -0.25) is 0 Å². The summed E-state index contributed by atoms with van der Waals surface area (Å²) >= 11 is 3.65. The Morgan fingerprint density at radius 1 is 1.20 bits per heavy atom. The third kappa shape index (κ3) is 2.44. The van der Waals surface area contributed by atoms with E-state index in [4.69, 9.17) is 9.97 Å². The lowest BCUT2D eigenvalue weighted by Crippen LogP contribution is -2.12. The SMILES string of the molecule is CCNc1nc(C2(C)CC2)nc(-c2ccccc2)c1Br. The first kappa shape index (κ1) is 13.6. The van der Waals surface area contributed by atoms with E-state index in [9.17, 15) is 0 Å². The molecular formula is C16H18BrN3. The summed E-state index contributed by atoms with van der Waals surface area (Å²) in [6, 6.07) is 10.3. The Hall–Kier alpha value is -1.42.